The van der Waals surface area contributed by atoms with Gasteiger partial charge in [0.2, 0.25) is 0 Å². The van der Waals surface area contributed by atoms with Crippen LogP contribution in [-0.4, -0.2) is 37.2 Å². The molecule has 0 aliphatic carbocycles. The maximum absolute atomic E-state index is 12.8. The molecule has 0 rings (SSSR count). The molecule has 0 radical (unpaired) electrons. The minimum Gasteiger partial charge on any atom is -0.462 e. The van der Waals surface area contributed by atoms with Gasteiger partial charge < -0.3 is 14.2 Å². The maximum Gasteiger partial charge on any atom is 0.306 e. The van der Waals surface area contributed by atoms with Gasteiger partial charge >= 0.3 is 17.9 Å². The number of carbonyl (C=O) groups excluding carboxylic acids is 3. The molecule has 0 saturated carbocycles. The van der Waals surface area contributed by atoms with Crippen molar-refractivity contribution < 1.29 is 28.6 Å². The van der Waals surface area contributed by atoms with Crippen molar-refractivity contribution in [2.75, 3.05) is 13.2 Å². The number of hydrogen-bond donors (Lipinski definition) is 0. The molecule has 72 heavy (non-hydrogen) atoms. The van der Waals surface area contributed by atoms with E-state index in [2.05, 4.69) is 81.5 Å². The average molecular weight is 1010 g/mol. The highest BCUT2D eigenvalue weighted by Crippen LogP contribution is 2.17. The van der Waals surface area contributed by atoms with Crippen LogP contribution in [0.1, 0.15) is 323 Å². The first-order valence-electron chi connectivity index (χ1n) is 31.3. The van der Waals surface area contributed by atoms with Gasteiger partial charge in [0.05, 0.1) is 0 Å². The highest BCUT2D eigenvalue weighted by atomic mass is 16.6. The van der Waals surface area contributed by atoms with Crippen molar-refractivity contribution in [2.45, 2.75) is 329 Å². The Hall–Kier alpha value is -2.89. The first-order valence-corrected chi connectivity index (χ1v) is 31.3. The van der Waals surface area contributed by atoms with Crippen LogP contribution in [0.25, 0.3) is 0 Å². The van der Waals surface area contributed by atoms with Gasteiger partial charge in [-0.2, -0.15) is 0 Å². The van der Waals surface area contributed by atoms with Crippen LogP contribution in [0.5, 0.6) is 0 Å². The van der Waals surface area contributed by atoms with Crippen LogP contribution in [0, 0.1) is 0 Å². The summed E-state index contributed by atoms with van der Waals surface area (Å²) in [6.45, 7) is 6.48. The van der Waals surface area contributed by atoms with Gasteiger partial charge in [-0.25, -0.2) is 0 Å². The van der Waals surface area contributed by atoms with Crippen LogP contribution in [0.3, 0.4) is 0 Å². The smallest absolute Gasteiger partial charge is 0.306 e. The first-order chi connectivity index (χ1) is 35.5. The standard InChI is InChI=1S/C66H118O6/c1-4-7-10-13-15-17-19-21-23-25-27-29-31-32-33-35-36-38-40-42-44-46-48-50-53-56-59-65(68)71-62-63(61-70-64(67)58-55-52-12-9-6-3)72-66(69)60-57-54-51-49-47-45-43-41-39-37-34-30-28-26-24-22-20-18-16-14-11-8-5-2/h8,11,16,18,22,24,28,30,37,39,63H,4-7,9-10,12-15,17,19-21,23,25-27,29,31-36,38,40-62H2,1-3H3/b11-8-,18-16-,24-22-,30-28-,39-37-. The van der Waals surface area contributed by atoms with Gasteiger partial charge in [0.25, 0.3) is 0 Å². The van der Waals surface area contributed by atoms with Crippen molar-refractivity contribution >= 4 is 17.9 Å². The van der Waals surface area contributed by atoms with Crippen molar-refractivity contribution in [3.63, 3.8) is 0 Å². The lowest BCUT2D eigenvalue weighted by Gasteiger charge is -2.18. The number of allylic oxidation sites excluding steroid dienone is 10. The molecule has 0 aliphatic heterocycles. The number of carbonyl (C=O) groups is 3. The third-order valence-corrected chi connectivity index (χ3v) is 13.8. The molecule has 0 aliphatic rings. The topological polar surface area (TPSA) is 78.9 Å². The summed E-state index contributed by atoms with van der Waals surface area (Å²) in [7, 11) is 0. The third-order valence-electron chi connectivity index (χ3n) is 13.8. The zero-order chi connectivity index (χ0) is 52.2. The highest BCUT2D eigenvalue weighted by Gasteiger charge is 2.19. The summed E-state index contributed by atoms with van der Waals surface area (Å²) < 4.78 is 16.8. The van der Waals surface area contributed by atoms with E-state index in [9.17, 15) is 14.4 Å². The quantitative estimate of drug-likeness (QED) is 0.0261. The molecule has 418 valence electrons. The second kappa shape index (κ2) is 60.7. The minimum atomic E-state index is -0.776. The van der Waals surface area contributed by atoms with E-state index < -0.39 is 6.10 Å². The van der Waals surface area contributed by atoms with Gasteiger partial charge in [0.1, 0.15) is 13.2 Å². The van der Waals surface area contributed by atoms with E-state index in [1.165, 1.54) is 180 Å². The summed E-state index contributed by atoms with van der Waals surface area (Å²) in [6.07, 6.45) is 77.1. The lowest BCUT2D eigenvalue weighted by atomic mass is 10.0. The van der Waals surface area contributed by atoms with Crippen molar-refractivity contribution in [3.05, 3.63) is 60.8 Å². The van der Waals surface area contributed by atoms with E-state index in [1.807, 2.05) is 0 Å². The summed E-state index contributed by atoms with van der Waals surface area (Å²) in [5.74, 6) is -0.887. The zero-order valence-electron chi connectivity index (χ0n) is 47.9. The van der Waals surface area contributed by atoms with Gasteiger partial charge in [0, 0.05) is 19.3 Å². The molecule has 0 bridgehead atoms. The Labute approximate surface area is 447 Å². The average Bonchev–Trinajstić information content (AvgIpc) is 3.38. The maximum atomic E-state index is 12.8. The Morgan fingerprint density at radius 2 is 0.542 bits per heavy atom. The fraction of sp³-hybridized carbons (Fsp3) is 0.803. The molecule has 1 atom stereocenters. The summed E-state index contributed by atoms with van der Waals surface area (Å²) in [5.41, 5.74) is 0. The van der Waals surface area contributed by atoms with Crippen molar-refractivity contribution in [3.8, 4) is 0 Å². The normalized spacial score (nSPS) is 12.4. The van der Waals surface area contributed by atoms with Gasteiger partial charge in [-0.1, -0.05) is 300 Å². The Bertz CT molecular complexity index is 1290. The number of esters is 3. The second-order valence-corrected chi connectivity index (χ2v) is 21.0. The van der Waals surface area contributed by atoms with E-state index in [4.69, 9.17) is 14.2 Å². The fourth-order valence-electron chi connectivity index (χ4n) is 9.12. The minimum absolute atomic E-state index is 0.0759. The molecule has 0 aromatic carbocycles. The van der Waals surface area contributed by atoms with Gasteiger partial charge in [-0.3, -0.25) is 14.4 Å². The molecular weight excluding hydrogens is 889 g/mol. The zero-order valence-corrected chi connectivity index (χ0v) is 47.9. The van der Waals surface area contributed by atoms with Gasteiger partial charge in [-0.15, -0.1) is 0 Å². The van der Waals surface area contributed by atoms with Crippen molar-refractivity contribution in [2.24, 2.45) is 0 Å². The summed E-state index contributed by atoms with van der Waals surface area (Å²) in [5, 5.41) is 0. The largest absolute Gasteiger partial charge is 0.462 e. The summed E-state index contributed by atoms with van der Waals surface area (Å²) in [6, 6.07) is 0. The van der Waals surface area contributed by atoms with E-state index >= 15 is 0 Å². The van der Waals surface area contributed by atoms with Crippen LogP contribution in [0.15, 0.2) is 60.8 Å². The lowest BCUT2D eigenvalue weighted by Crippen LogP contribution is -2.30. The molecule has 0 aromatic rings. The van der Waals surface area contributed by atoms with E-state index in [0.29, 0.717) is 19.3 Å². The third kappa shape index (κ3) is 58.0. The Kier molecular flexibility index (Phi) is 58.2. The molecule has 0 fully saturated rings. The second-order valence-electron chi connectivity index (χ2n) is 21.0. The molecule has 0 spiro atoms. The predicted octanol–water partition coefficient (Wildman–Crippen LogP) is 21.2. The van der Waals surface area contributed by atoms with Gasteiger partial charge in [0.15, 0.2) is 6.10 Å². The van der Waals surface area contributed by atoms with E-state index in [0.717, 1.165) is 103 Å². The molecule has 0 heterocycles. The van der Waals surface area contributed by atoms with E-state index in [-0.39, 0.29) is 31.1 Å². The summed E-state index contributed by atoms with van der Waals surface area (Å²) >= 11 is 0. The van der Waals surface area contributed by atoms with Crippen LogP contribution in [0.2, 0.25) is 0 Å². The molecule has 6 nitrogen and oxygen atoms in total. The van der Waals surface area contributed by atoms with Crippen LogP contribution < -0.4 is 0 Å². The monoisotopic (exact) mass is 1010 g/mol. The van der Waals surface area contributed by atoms with Gasteiger partial charge in [-0.05, 0) is 64.2 Å². The summed E-state index contributed by atoms with van der Waals surface area (Å²) in [4.78, 5) is 37.9. The number of ether oxygens (including phenoxy) is 3. The Morgan fingerprint density at radius 1 is 0.292 bits per heavy atom. The molecular formula is C66H118O6. The highest BCUT2D eigenvalue weighted by molar-refractivity contribution is 5.71. The first kappa shape index (κ1) is 69.1. The van der Waals surface area contributed by atoms with Crippen LogP contribution in [-0.2, 0) is 28.6 Å². The van der Waals surface area contributed by atoms with Crippen LogP contribution >= 0.6 is 0 Å². The molecule has 0 aromatic heterocycles. The van der Waals surface area contributed by atoms with Crippen molar-refractivity contribution in [1.82, 2.24) is 0 Å². The molecule has 6 heteroatoms. The number of rotatable bonds is 57. The number of hydrogen-bond acceptors (Lipinski definition) is 6. The molecule has 0 amide bonds. The van der Waals surface area contributed by atoms with Crippen LogP contribution in [0.4, 0.5) is 0 Å². The molecule has 0 N–H and O–H groups in total. The van der Waals surface area contributed by atoms with Crippen molar-refractivity contribution in [1.29, 1.82) is 0 Å². The fourth-order valence-corrected chi connectivity index (χ4v) is 9.12. The Morgan fingerprint density at radius 3 is 0.847 bits per heavy atom. The van der Waals surface area contributed by atoms with E-state index in [1.54, 1.807) is 0 Å². The molecule has 0 saturated heterocycles. The lowest BCUT2D eigenvalue weighted by molar-refractivity contribution is -0.167. The molecule has 1 unspecified atom stereocenters. The Balaban J connectivity index is 4.03. The predicted molar refractivity (Wildman–Crippen MR) is 312 cm³/mol. The SMILES string of the molecule is CC/C=C\C/C=C\C/C=C\C/C=C\C/C=C\CCCCCCCCCC(=O)OC(COC(=O)CCCCCCC)COC(=O)CCCCCCCCCCCCCCCCCCCCCCCCCCCC. The number of unbranched alkanes of at least 4 members (excludes halogenated alkanes) is 36.